The highest BCUT2D eigenvalue weighted by molar-refractivity contribution is 6.35. The van der Waals surface area contributed by atoms with Gasteiger partial charge in [-0.15, -0.1) is 0 Å². The highest BCUT2D eigenvalue weighted by Gasteiger charge is 2.15. The second-order valence-corrected chi connectivity index (χ2v) is 5.04. The first-order valence-corrected chi connectivity index (χ1v) is 6.60. The van der Waals surface area contributed by atoms with Gasteiger partial charge in [-0.1, -0.05) is 42.6 Å². The number of aliphatic hydroxyl groups excluding tert-OH is 2. The Bertz CT molecular complexity index is 355. The molecule has 4 heteroatoms. The zero-order valence-electron chi connectivity index (χ0n) is 9.87. The molecule has 0 aliphatic rings. The van der Waals surface area contributed by atoms with Crippen molar-refractivity contribution in [3.8, 4) is 0 Å². The second kappa shape index (κ2) is 7.22. The molecule has 2 unspecified atom stereocenters. The lowest BCUT2D eigenvalue weighted by Gasteiger charge is -2.17. The molecule has 0 saturated heterocycles. The van der Waals surface area contributed by atoms with E-state index in [1.54, 1.807) is 12.1 Å². The summed E-state index contributed by atoms with van der Waals surface area (Å²) in [6.45, 7) is 1.98. The molecule has 96 valence electrons. The van der Waals surface area contributed by atoms with E-state index < -0.39 is 12.2 Å². The van der Waals surface area contributed by atoms with Crippen molar-refractivity contribution in [3.05, 3.63) is 33.8 Å². The van der Waals surface area contributed by atoms with Crippen molar-refractivity contribution < 1.29 is 10.2 Å². The van der Waals surface area contributed by atoms with Gasteiger partial charge in [-0.25, -0.2) is 0 Å². The van der Waals surface area contributed by atoms with Gasteiger partial charge in [0.15, 0.2) is 0 Å². The first-order valence-electron chi connectivity index (χ1n) is 5.84. The van der Waals surface area contributed by atoms with E-state index in [1.165, 1.54) is 0 Å². The summed E-state index contributed by atoms with van der Waals surface area (Å²) in [5.41, 5.74) is 0.943. The van der Waals surface area contributed by atoms with E-state index in [2.05, 4.69) is 0 Å². The molecule has 0 heterocycles. The fourth-order valence-corrected chi connectivity index (χ4v) is 2.21. The first-order chi connectivity index (χ1) is 8.04. The lowest BCUT2D eigenvalue weighted by molar-refractivity contribution is 0.00981. The maximum Gasteiger partial charge on any atom is 0.0802 e. The highest BCUT2D eigenvalue weighted by atomic mass is 35.5. The standard InChI is InChI=1S/C13H18Cl2O2/c1-2-3-12(16)13(17)7-5-9-4-6-10(14)8-11(9)15/h4,6,8,12-13,16-17H,2-3,5,7H2,1H3. The Balaban J connectivity index is 2.49. The van der Waals surface area contributed by atoms with Crippen LogP contribution in [0.25, 0.3) is 0 Å². The van der Waals surface area contributed by atoms with E-state index in [9.17, 15) is 10.2 Å². The number of hydrogen-bond acceptors (Lipinski definition) is 2. The van der Waals surface area contributed by atoms with Gasteiger partial charge in [0.25, 0.3) is 0 Å². The molecule has 0 radical (unpaired) electrons. The Morgan fingerprint density at radius 1 is 1.12 bits per heavy atom. The van der Waals surface area contributed by atoms with Crippen molar-refractivity contribution in [2.75, 3.05) is 0 Å². The molecular weight excluding hydrogens is 259 g/mol. The summed E-state index contributed by atoms with van der Waals surface area (Å²) in [6, 6.07) is 5.31. The minimum atomic E-state index is -0.693. The quantitative estimate of drug-likeness (QED) is 0.836. The maximum atomic E-state index is 9.74. The lowest BCUT2D eigenvalue weighted by atomic mass is 10.0. The van der Waals surface area contributed by atoms with Gasteiger partial charge in [-0.2, -0.15) is 0 Å². The summed E-state index contributed by atoms with van der Waals surface area (Å²) in [6.07, 6.45) is 1.28. The first kappa shape index (κ1) is 14.8. The Hall–Kier alpha value is -0.280. The van der Waals surface area contributed by atoms with Crippen LogP contribution in [0.2, 0.25) is 10.0 Å². The third-order valence-corrected chi connectivity index (χ3v) is 3.34. The molecule has 17 heavy (non-hydrogen) atoms. The Morgan fingerprint density at radius 3 is 2.35 bits per heavy atom. The van der Waals surface area contributed by atoms with Gasteiger partial charge < -0.3 is 10.2 Å². The van der Waals surface area contributed by atoms with Crippen molar-refractivity contribution in [2.24, 2.45) is 0 Å². The molecule has 0 aromatic heterocycles. The third kappa shape index (κ3) is 4.84. The SMILES string of the molecule is CCCC(O)C(O)CCc1ccc(Cl)cc1Cl. The smallest absolute Gasteiger partial charge is 0.0802 e. The van der Waals surface area contributed by atoms with Crippen LogP contribution < -0.4 is 0 Å². The monoisotopic (exact) mass is 276 g/mol. The molecule has 1 rings (SSSR count). The minimum Gasteiger partial charge on any atom is -0.390 e. The maximum absolute atomic E-state index is 9.74. The normalized spacial score (nSPS) is 14.6. The summed E-state index contributed by atoms with van der Waals surface area (Å²) in [5.74, 6) is 0. The van der Waals surface area contributed by atoms with E-state index in [1.807, 2.05) is 13.0 Å². The second-order valence-electron chi connectivity index (χ2n) is 4.20. The van der Waals surface area contributed by atoms with Gasteiger partial charge in [-0.3, -0.25) is 0 Å². The number of aliphatic hydroxyl groups is 2. The van der Waals surface area contributed by atoms with E-state index in [-0.39, 0.29) is 0 Å². The van der Waals surface area contributed by atoms with E-state index in [0.717, 1.165) is 12.0 Å². The fourth-order valence-electron chi connectivity index (χ4n) is 1.71. The van der Waals surface area contributed by atoms with Gasteiger partial charge in [-0.05, 0) is 37.0 Å². The zero-order chi connectivity index (χ0) is 12.8. The molecule has 1 aromatic rings. The Labute approximate surface area is 112 Å². The van der Waals surface area contributed by atoms with Crippen molar-refractivity contribution >= 4 is 23.2 Å². The van der Waals surface area contributed by atoms with Gasteiger partial charge in [0.05, 0.1) is 12.2 Å². The van der Waals surface area contributed by atoms with Crippen LogP contribution in [0.15, 0.2) is 18.2 Å². The minimum absolute atomic E-state index is 0.502. The predicted molar refractivity (Wildman–Crippen MR) is 71.7 cm³/mol. The average Bonchev–Trinajstić information content (AvgIpc) is 2.27. The van der Waals surface area contributed by atoms with Crippen molar-refractivity contribution in [3.63, 3.8) is 0 Å². The van der Waals surface area contributed by atoms with Crippen LogP contribution in [-0.2, 0) is 6.42 Å². The summed E-state index contributed by atoms with van der Waals surface area (Å²) < 4.78 is 0. The molecule has 2 atom stereocenters. The van der Waals surface area contributed by atoms with Crippen LogP contribution in [0.5, 0.6) is 0 Å². The molecule has 0 amide bonds. The number of halogens is 2. The number of rotatable bonds is 6. The van der Waals surface area contributed by atoms with Crippen LogP contribution in [0.4, 0.5) is 0 Å². The zero-order valence-corrected chi connectivity index (χ0v) is 11.4. The largest absolute Gasteiger partial charge is 0.390 e. The number of aryl methyl sites for hydroxylation is 1. The molecule has 2 N–H and O–H groups in total. The van der Waals surface area contributed by atoms with Gasteiger partial charge in [0.1, 0.15) is 0 Å². The molecule has 1 aromatic carbocycles. The van der Waals surface area contributed by atoms with Crippen LogP contribution in [0, 0.1) is 0 Å². The molecule has 2 nitrogen and oxygen atoms in total. The van der Waals surface area contributed by atoms with Crippen molar-refractivity contribution in [2.45, 2.75) is 44.8 Å². The molecule has 0 fully saturated rings. The summed E-state index contributed by atoms with van der Waals surface area (Å²) in [5, 5.41) is 20.5. The summed E-state index contributed by atoms with van der Waals surface area (Å²) in [4.78, 5) is 0. The van der Waals surface area contributed by atoms with E-state index >= 15 is 0 Å². The number of hydrogen-bond donors (Lipinski definition) is 2. The fraction of sp³-hybridized carbons (Fsp3) is 0.538. The van der Waals surface area contributed by atoms with Crippen molar-refractivity contribution in [1.29, 1.82) is 0 Å². The molecule has 0 bridgehead atoms. The number of benzene rings is 1. The van der Waals surface area contributed by atoms with Crippen LogP contribution in [-0.4, -0.2) is 22.4 Å². The van der Waals surface area contributed by atoms with Crippen LogP contribution in [0.1, 0.15) is 31.7 Å². The topological polar surface area (TPSA) is 40.5 Å². The Morgan fingerprint density at radius 2 is 1.76 bits per heavy atom. The van der Waals surface area contributed by atoms with Gasteiger partial charge in [0.2, 0.25) is 0 Å². The lowest BCUT2D eigenvalue weighted by Crippen LogP contribution is -2.26. The molecule has 0 saturated carbocycles. The van der Waals surface area contributed by atoms with E-state index in [4.69, 9.17) is 23.2 Å². The molecular formula is C13H18Cl2O2. The molecule has 0 aliphatic heterocycles. The van der Waals surface area contributed by atoms with Crippen LogP contribution in [0.3, 0.4) is 0 Å². The van der Waals surface area contributed by atoms with E-state index in [0.29, 0.717) is 29.3 Å². The molecule has 0 aliphatic carbocycles. The van der Waals surface area contributed by atoms with Gasteiger partial charge in [0, 0.05) is 10.0 Å². The summed E-state index contributed by atoms with van der Waals surface area (Å²) in [7, 11) is 0. The van der Waals surface area contributed by atoms with Crippen molar-refractivity contribution in [1.82, 2.24) is 0 Å². The third-order valence-electron chi connectivity index (χ3n) is 2.75. The highest BCUT2D eigenvalue weighted by Crippen LogP contribution is 2.23. The predicted octanol–water partition coefficient (Wildman–Crippen LogP) is 3.45. The van der Waals surface area contributed by atoms with Crippen LogP contribution >= 0.6 is 23.2 Å². The average molecular weight is 277 g/mol. The van der Waals surface area contributed by atoms with Gasteiger partial charge >= 0.3 is 0 Å². The summed E-state index contributed by atoms with van der Waals surface area (Å²) >= 11 is 11.8. The molecule has 0 spiro atoms. The Kier molecular flexibility index (Phi) is 6.28.